The summed E-state index contributed by atoms with van der Waals surface area (Å²) in [5.41, 5.74) is 6.80. The number of nitrogens with zero attached hydrogens (tertiary/aromatic N) is 1. The first-order valence-electron chi connectivity index (χ1n) is 5.77. The Labute approximate surface area is 99.7 Å². The summed E-state index contributed by atoms with van der Waals surface area (Å²) < 4.78 is 0. The topological polar surface area (TPSA) is 46.3 Å². The third-order valence-electron chi connectivity index (χ3n) is 2.38. The highest BCUT2D eigenvalue weighted by atomic mass is 16.2. The fourth-order valence-corrected chi connectivity index (χ4v) is 1.81. The Kier molecular flexibility index (Phi) is 5.73. The summed E-state index contributed by atoms with van der Waals surface area (Å²) in [7, 11) is 1.81. The van der Waals surface area contributed by atoms with Gasteiger partial charge in [-0.05, 0) is 18.8 Å². The Morgan fingerprint density at radius 1 is 1.44 bits per heavy atom. The van der Waals surface area contributed by atoms with Crippen molar-refractivity contribution in [3.05, 3.63) is 12.2 Å². The van der Waals surface area contributed by atoms with Gasteiger partial charge in [0.25, 0.3) is 0 Å². The largest absolute Gasteiger partial charge is 0.342 e. The summed E-state index contributed by atoms with van der Waals surface area (Å²) in [6.45, 7) is 13.1. The molecule has 0 aliphatic heterocycles. The molecule has 0 bridgehead atoms. The van der Waals surface area contributed by atoms with Gasteiger partial charge in [-0.25, -0.2) is 0 Å². The summed E-state index contributed by atoms with van der Waals surface area (Å²) in [6, 6.07) is 0. The van der Waals surface area contributed by atoms with Crippen molar-refractivity contribution in [1.82, 2.24) is 4.90 Å². The molecule has 0 spiro atoms. The fourth-order valence-electron chi connectivity index (χ4n) is 1.81. The van der Waals surface area contributed by atoms with Gasteiger partial charge in [-0.2, -0.15) is 0 Å². The summed E-state index contributed by atoms with van der Waals surface area (Å²) in [4.78, 5) is 13.8. The number of amides is 1. The van der Waals surface area contributed by atoms with Crippen LogP contribution < -0.4 is 5.73 Å². The molecule has 0 fully saturated rings. The Hall–Kier alpha value is -0.830. The van der Waals surface area contributed by atoms with Crippen molar-refractivity contribution in [3.8, 4) is 0 Å². The lowest BCUT2D eigenvalue weighted by atomic mass is 9.84. The molecule has 0 heterocycles. The van der Waals surface area contributed by atoms with Crippen molar-refractivity contribution in [1.29, 1.82) is 0 Å². The molecule has 0 saturated carbocycles. The van der Waals surface area contributed by atoms with Gasteiger partial charge < -0.3 is 10.6 Å². The molecule has 2 N–H and O–H groups in total. The Morgan fingerprint density at radius 2 is 1.94 bits per heavy atom. The lowest BCUT2D eigenvalue weighted by molar-refractivity contribution is -0.134. The van der Waals surface area contributed by atoms with E-state index in [-0.39, 0.29) is 17.2 Å². The maximum absolute atomic E-state index is 12.1. The zero-order chi connectivity index (χ0) is 12.9. The third-order valence-corrected chi connectivity index (χ3v) is 2.38. The van der Waals surface area contributed by atoms with Gasteiger partial charge in [-0.15, -0.1) is 0 Å². The second-order valence-corrected chi connectivity index (χ2v) is 5.85. The van der Waals surface area contributed by atoms with Crippen LogP contribution in [0.25, 0.3) is 0 Å². The predicted octanol–water partition coefficient (Wildman–Crippen LogP) is 2.03. The Balaban J connectivity index is 4.47. The van der Waals surface area contributed by atoms with Gasteiger partial charge in [0.15, 0.2) is 0 Å². The van der Waals surface area contributed by atoms with Crippen LogP contribution in [0.4, 0.5) is 0 Å². The number of carbonyl (C=O) groups is 1. The Bertz CT molecular complexity index is 253. The maximum Gasteiger partial charge on any atom is 0.227 e. The molecule has 1 atom stereocenters. The summed E-state index contributed by atoms with van der Waals surface area (Å²) in [5.74, 6) is 0.0461. The quantitative estimate of drug-likeness (QED) is 0.729. The summed E-state index contributed by atoms with van der Waals surface area (Å²) in [6.07, 6.45) is 0.822. The minimum Gasteiger partial charge on any atom is -0.342 e. The van der Waals surface area contributed by atoms with Crippen LogP contribution in [0.2, 0.25) is 0 Å². The van der Waals surface area contributed by atoms with Gasteiger partial charge >= 0.3 is 0 Å². The zero-order valence-corrected chi connectivity index (χ0v) is 11.3. The van der Waals surface area contributed by atoms with Gasteiger partial charge in [-0.3, -0.25) is 4.79 Å². The van der Waals surface area contributed by atoms with Gasteiger partial charge in [0.05, 0.1) is 5.92 Å². The van der Waals surface area contributed by atoms with Gasteiger partial charge in [0.1, 0.15) is 0 Å². The number of rotatable bonds is 5. The number of likely N-dealkylation sites (N-methyl/N-ethyl adjacent to an activating group) is 1. The van der Waals surface area contributed by atoms with Crippen molar-refractivity contribution in [3.63, 3.8) is 0 Å². The first-order chi connectivity index (χ1) is 7.17. The monoisotopic (exact) mass is 226 g/mol. The molecule has 0 saturated heterocycles. The fraction of sp³-hybridized carbons (Fsp3) is 0.769. The highest BCUT2D eigenvalue weighted by molar-refractivity contribution is 5.79. The normalized spacial score (nSPS) is 13.4. The smallest absolute Gasteiger partial charge is 0.227 e. The molecule has 1 amide bonds. The highest BCUT2D eigenvalue weighted by Gasteiger charge is 2.25. The number of hydrogen-bond acceptors (Lipinski definition) is 2. The van der Waals surface area contributed by atoms with Crippen LogP contribution in [0, 0.1) is 11.3 Å². The molecule has 0 aromatic carbocycles. The molecule has 0 rings (SSSR count). The van der Waals surface area contributed by atoms with Gasteiger partial charge in [0.2, 0.25) is 5.91 Å². The minimum absolute atomic E-state index is 0.0793. The van der Waals surface area contributed by atoms with Crippen molar-refractivity contribution in [2.75, 3.05) is 20.1 Å². The molecular formula is C13H26N2O. The van der Waals surface area contributed by atoms with Crippen LogP contribution in [0.3, 0.4) is 0 Å². The van der Waals surface area contributed by atoms with Crippen LogP contribution >= 0.6 is 0 Å². The molecule has 1 unspecified atom stereocenters. The molecule has 0 aromatic heterocycles. The average molecular weight is 226 g/mol. The number of carbonyl (C=O) groups excluding carboxylic acids is 1. The lowest BCUT2D eigenvalue weighted by Crippen LogP contribution is -2.39. The van der Waals surface area contributed by atoms with E-state index in [2.05, 4.69) is 27.4 Å². The van der Waals surface area contributed by atoms with E-state index < -0.39 is 0 Å². The van der Waals surface area contributed by atoms with E-state index in [1.807, 2.05) is 14.0 Å². The molecule has 3 nitrogen and oxygen atoms in total. The van der Waals surface area contributed by atoms with Crippen LogP contribution in [-0.4, -0.2) is 30.9 Å². The van der Waals surface area contributed by atoms with Gasteiger partial charge in [0, 0.05) is 20.1 Å². The van der Waals surface area contributed by atoms with E-state index in [0.717, 1.165) is 12.0 Å². The van der Waals surface area contributed by atoms with Crippen LogP contribution in [0.15, 0.2) is 12.2 Å². The van der Waals surface area contributed by atoms with Crippen molar-refractivity contribution < 1.29 is 4.79 Å². The SMILES string of the molecule is C=C(C)CN(C)C(=O)C(CN)CC(C)(C)C. The Morgan fingerprint density at radius 3 is 2.25 bits per heavy atom. The zero-order valence-electron chi connectivity index (χ0n) is 11.3. The first kappa shape index (κ1) is 15.2. The molecule has 0 aromatic rings. The molecule has 0 radical (unpaired) electrons. The lowest BCUT2D eigenvalue weighted by Gasteiger charge is -2.28. The van der Waals surface area contributed by atoms with Crippen LogP contribution in [-0.2, 0) is 4.79 Å². The molecule has 3 heteroatoms. The molecule has 0 aliphatic rings. The third kappa shape index (κ3) is 5.91. The predicted molar refractivity (Wildman–Crippen MR) is 69.1 cm³/mol. The first-order valence-corrected chi connectivity index (χ1v) is 5.77. The highest BCUT2D eigenvalue weighted by Crippen LogP contribution is 2.25. The van der Waals surface area contributed by atoms with Crippen molar-refractivity contribution in [2.45, 2.75) is 34.1 Å². The average Bonchev–Trinajstić information content (AvgIpc) is 2.10. The number of nitrogens with two attached hydrogens (primary N) is 1. The minimum atomic E-state index is -0.0793. The van der Waals surface area contributed by atoms with E-state index in [1.165, 1.54) is 0 Å². The standard InChI is InChI=1S/C13H26N2O/c1-10(2)9-15(6)12(16)11(8-14)7-13(3,4)5/h11H,1,7-9,14H2,2-6H3. The van der Waals surface area contributed by atoms with Crippen LogP contribution in [0.1, 0.15) is 34.1 Å². The summed E-state index contributed by atoms with van der Waals surface area (Å²) >= 11 is 0. The molecular weight excluding hydrogens is 200 g/mol. The van der Waals surface area contributed by atoms with E-state index in [0.29, 0.717) is 13.1 Å². The van der Waals surface area contributed by atoms with E-state index in [4.69, 9.17) is 5.73 Å². The molecule has 94 valence electrons. The van der Waals surface area contributed by atoms with Crippen molar-refractivity contribution >= 4 is 5.91 Å². The molecule has 16 heavy (non-hydrogen) atoms. The van der Waals surface area contributed by atoms with Gasteiger partial charge in [-0.1, -0.05) is 32.9 Å². The van der Waals surface area contributed by atoms with Crippen LogP contribution in [0.5, 0.6) is 0 Å². The van der Waals surface area contributed by atoms with E-state index in [9.17, 15) is 4.79 Å². The second-order valence-electron chi connectivity index (χ2n) is 5.85. The van der Waals surface area contributed by atoms with E-state index in [1.54, 1.807) is 4.90 Å². The maximum atomic E-state index is 12.1. The van der Waals surface area contributed by atoms with Crippen molar-refractivity contribution in [2.24, 2.45) is 17.1 Å². The summed E-state index contributed by atoms with van der Waals surface area (Å²) in [5, 5.41) is 0. The van der Waals surface area contributed by atoms with E-state index >= 15 is 0 Å². The number of hydrogen-bond donors (Lipinski definition) is 1. The second kappa shape index (κ2) is 6.04. The molecule has 0 aliphatic carbocycles.